The topological polar surface area (TPSA) is 36.9 Å². The van der Waals surface area contributed by atoms with Gasteiger partial charge in [0.25, 0.3) is 0 Å². The molecule has 10 heteroatoms. The van der Waals surface area contributed by atoms with Crippen LogP contribution in [-0.4, -0.2) is 53.3 Å². The minimum absolute atomic E-state index is 0.435. The highest BCUT2D eigenvalue weighted by atomic mass is 33.7. The third-order valence-corrected chi connectivity index (χ3v) is 23.4. The molecule has 0 aromatic carbocycles. The van der Waals surface area contributed by atoms with E-state index < -0.39 is 17.1 Å². The Balaban J connectivity index is 5.11. The van der Waals surface area contributed by atoms with Crippen molar-refractivity contribution in [2.24, 2.45) is 0 Å². The quantitative estimate of drug-likeness (QED) is 0.0694. The SMILES string of the molecule is CCCO[Si](CC)(OCCC)C(CC)SSSSC(CC)[Si](CC)(OCCC)OCCC. The van der Waals surface area contributed by atoms with Crippen LogP contribution in [0.25, 0.3) is 0 Å². The molecule has 0 saturated carbocycles. The van der Waals surface area contributed by atoms with Crippen molar-refractivity contribution in [3.8, 4) is 0 Å². The van der Waals surface area contributed by atoms with Gasteiger partial charge in [0.15, 0.2) is 0 Å². The van der Waals surface area contributed by atoms with Gasteiger partial charge in [0.05, 0.1) is 9.75 Å². The summed E-state index contributed by atoms with van der Waals surface area (Å²) < 4.78 is 25.9. The van der Waals surface area contributed by atoms with Crippen molar-refractivity contribution in [3.05, 3.63) is 0 Å². The standard InChI is InChI=1S/C22H50O4S4Si2/c1-9-17-23-31(15-7,24-18-10-2)21(13-5)27-29-30-28-22(14-6)32(16-8,25-19-11-3)26-20-12-4/h21-22H,9-20H2,1-8H3. The molecule has 0 spiro atoms. The largest absolute Gasteiger partial charge is 0.394 e. The molecule has 0 aliphatic rings. The van der Waals surface area contributed by atoms with E-state index in [1.165, 1.54) is 0 Å². The zero-order valence-electron chi connectivity index (χ0n) is 21.9. The summed E-state index contributed by atoms with van der Waals surface area (Å²) >= 11 is 0. The zero-order valence-corrected chi connectivity index (χ0v) is 27.2. The second-order valence-electron chi connectivity index (χ2n) is 7.85. The Morgan fingerprint density at radius 3 is 0.969 bits per heavy atom. The van der Waals surface area contributed by atoms with Crippen LogP contribution in [0.15, 0.2) is 0 Å². The van der Waals surface area contributed by atoms with Gasteiger partial charge in [-0.2, -0.15) is 0 Å². The maximum Gasteiger partial charge on any atom is 0.352 e. The maximum atomic E-state index is 6.48. The summed E-state index contributed by atoms with van der Waals surface area (Å²) in [5.74, 6) is 0. The Labute approximate surface area is 217 Å². The molecule has 0 aromatic heterocycles. The van der Waals surface area contributed by atoms with Gasteiger partial charge in [-0.25, -0.2) is 0 Å². The van der Waals surface area contributed by atoms with E-state index in [9.17, 15) is 0 Å². The van der Waals surface area contributed by atoms with Crippen LogP contribution in [0.2, 0.25) is 12.1 Å². The monoisotopic (exact) mass is 562 g/mol. The van der Waals surface area contributed by atoms with E-state index in [4.69, 9.17) is 17.7 Å². The van der Waals surface area contributed by atoms with Crippen molar-refractivity contribution in [1.82, 2.24) is 0 Å². The van der Waals surface area contributed by atoms with Crippen LogP contribution in [0.5, 0.6) is 0 Å². The predicted molar refractivity (Wildman–Crippen MR) is 156 cm³/mol. The van der Waals surface area contributed by atoms with E-state index in [-0.39, 0.29) is 0 Å². The van der Waals surface area contributed by atoms with Crippen molar-refractivity contribution < 1.29 is 17.7 Å². The number of hydrogen-bond acceptors (Lipinski definition) is 8. The van der Waals surface area contributed by atoms with Crippen molar-refractivity contribution in [3.63, 3.8) is 0 Å². The Morgan fingerprint density at radius 2 is 0.781 bits per heavy atom. The van der Waals surface area contributed by atoms with Crippen molar-refractivity contribution in [1.29, 1.82) is 0 Å². The molecule has 0 amide bonds. The summed E-state index contributed by atoms with van der Waals surface area (Å²) in [6.45, 7) is 21.0. The summed E-state index contributed by atoms with van der Waals surface area (Å²) in [7, 11) is 3.27. The van der Waals surface area contributed by atoms with Gasteiger partial charge in [0.2, 0.25) is 0 Å². The highest BCUT2D eigenvalue weighted by Gasteiger charge is 2.46. The minimum Gasteiger partial charge on any atom is -0.394 e. The summed E-state index contributed by atoms with van der Waals surface area (Å²) in [5.41, 5.74) is 0. The van der Waals surface area contributed by atoms with E-state index >= 15 is 0 Å². The fourth-order valence-corrected chi connectivity index (χ4v) is 23.4. The lowest BCUT2D eigenvalue weighted by molar-refractivity contribution is 0.165. The van der Waals surface area contributed by atoms with E-state index in [1.54, 1.807) is 0 Å². The fraction of sp³-hybridized carbons (Fsp3) is 1.00. The van der Waals surface area contributed by atoms with Crippen LogP contribution in [0.3, 0.4) is 0 Å². The molecule has 0 rings (SSSR count). The molecule has 0 aliphatic heterocycles. The molecule has 0 fully saturated rings. The maximum absolute atomic E-state index is 6.48. The molecule has 0 heterocycles. The summed E-state index contributed by atoms with van der Waals surface area (Å²) in [6, 6.07) is 2.02. The number of rotatable bonds is 23. The zero-order chi connectivity index (χ0) is 24.3. The highest BCUT2D eigenvalue weighted by molar-refractivity contribution is 9.26. The molecule has 194 valence electrons. The first-order valence-corrected chi connectivity index (χ1v) is 21.8. The molecule has 2 atom stereocenters. The van der Waals surface area contributed by atoms with Gasteiger partial charge in [-0.05, 0) is 70.3 Å². The molecule has 0 saturated heterocycles. The third kappa shape index (κ3) is 11.6. The lowest BCUT2D eigenvalue weighted by atomic mass is 10.5. The van der Waals surface area contributed by atoms with Gasteiger partial charge in [0, 0.05) is 26.4 Å². The molecular formula is C22H50O4S4Si2. The predicted octanol–water partition coefficient (Wildman–Crippen LogP) is 8.93. The van der Waals surface area contributed by atoms with Crippen LogP contribution in [-0.2, 0) is 17.7 Å². The van der Waals surface area contributed by atoms with Gasteiger partial charge in [0.1, 0.15) is 0 Å². The molecule has 0 radical (unpaired) electrons. The van der Waals surface area contributed by atoms with Gasteiger partial charge in [-0.1, -0.05) is 77.0 Å². The normalized spacial score (nSPS) is 14.6. The van der Waals surface area contributed by atoms with Crippen molar-refractivity contribution in [2.75, 3.05) is 26.4 Å². The smallest absolute Gasteiger partial charge is 0.352 e. The molecule has 2 unspecified atom stereocenters. The molecule has 0 N–H and O–H groups in total. The first-order chi connectivity index (χ1) is 15.5. The second-order valence-corrected chi connectivity index (χ2v) is 22.1. The summed E-state index contributed by atoms with van der Waals surface area (Å²) in [4.78, 5) is 0.870. The van der Waals surface area contributed by atoms with E-state index in [0.29, 0.717) is 9.75 Å². The average Bonchev–Trinajstić information content (AvgIpc) is 2.83. The van der Waals surface area contributed by atoms with Crippen molar-refractivity contribution >= 4 is 58.4 Å². The third-order valence-electron chi connectivity index (χ3n) is 5.25. The first-order valence-electron chi connectivity index (χ1n) is 12.7. The lowest BCUT2D eigenvalue weighted by Crippen LogP contribution is -2.51. The van der Waals surface area contributed by atoms with Gasteiger partial charge < -0.3 is 17.7 Å². The van der Waals surface area contributed by atoms with Gasteiger partial charge in [-0.15, -0.1) is 0 Å². The molecule has 0 aromatic rings. The van der Waals surface area contributed by atoms with E-state index in [0.717, 1.165) is 77.0 Å². The summed E-state index contributed by atoms with van der Waals surface area (Å²) in [6.07, 6.45) is 6.34. The average molecular weight is 563 g/mol. The summed E-state index contributed by atoms with van der Waals surface area (Å²) in [5, 5.41) is 0. The molecular weight excluding hydrogens is 513 g/mol. The molecule has 0 bridgehead atoms. The highest BCUT2D eigenvalue weighted by Crippen LogP contribution is 2.51. The van der Waals surface area contributed by atoms with Crippen LogP contribution in [0, 0.1) is 0 Å². The lowest BCUT2D eigenvalue weighted by Gasteiger charge is -2.36. The molecule has 0 aliphatic carbocycles. The second kappa shape index (κ2) is 20.8. The Hall–Kier alpha value is 1.67. The Bertz CT molecular complexity index is 385. The van der Waals surface area contributed by atoms with E-state index in [1.807, 2.05) is 41.2 Å². The van der Waals surface area contributed by atoms with Crippen LogP contribution in [0.4, 0.5) is 0 Å². The number of hydrogen-bond donors (Lipinski definition) is 0. The van der Waals surface area contributed by atoms with Crippen molar-refractivity contribution in [2.45, 2.75) is 116 Å². The molecule has 32 heavy (non-hydrogen) atoms. The van der Waals surface area contributed by atoms with Crippen LogP contribution < -0.4 is 0 Å². The fourth-order valence-electron chi connectivity index (χ4n) is 3.45. The molecule has 4 nitrogen and oxygen atoms in total. The minimum atomic E-state index is -2.23. The van der Waals surface area contributed by atoms with E-state index in [2.05, 4.69) is 55.4 Å². The van der Waals surface area contributed by atoms with Crippen LogP contribution in [0.1, 0.15) is 93.9 Å². The van der Waals surface area contributed by atoms with Gasteiger partial charge in [-0.3, -0.25) is 0 Å². The van der Waals surface area contributed by atoms with Crippen LogP contribution >= 0.6 is 41.2 Å². The Morgan fingerprint density at radius 1 is 0.500 bits per heavy atom. The first kappa shape index (κ1) is 33.7. The van der Waals surface area contributed by atoms with Gasteiger partial charge >= 0.3 is 17.1 Å². The Kier molecular flexibility index (Phi) is 21.9.